The molecule has 0 bridgehead atoms. The van der Waals surface area contributed by atoms with Gasteiger partial charge in [-0.1, -0.05) is 6.07 Å². The molecule has 2 N–H and O–H groups in total. The van der Waals surface area contributed by atoms with Crippen LogP contribution >= 0.6 is 11.3 Å². The summed E-state index contributed by atoms with van der Waals surface area (Å²) in [6, 6.07) is 7.03. The fourth-order valence-corrected chi connectivity index (χ4v) is 5.43. The van der Waals surface area contributed by atoms with Gasteiger partial charge in [-0.2, -0.15) is 0 Å². The molecule has 1 aliphatic carbocycles. The van der Waals surface area contributed by atoms with E-state index in [0.717, 1.165) is 48.2 Å². The molecule has 4 rings (SSSR count). The summed E-state index contributed by atoms with van der Waals surface area (Å²) in [4.78, 5) is 51.5. The third kappa shape index (κ3) is 4.83. The summed E-state index contributed by atoms with van der Waals surface area (Å²) in [6.07, 6.45) is 4.99. The van der Waals surface area contributed by atoms with Crippen LogP contribution in [-0.4, -0.2) is 36.8 Å². The molecule has 1 fully saturated rings. The van der Waals surface area contributed by atoms with Gasteiger partial charge in [0.05, 0.1) is 5.56 Å². The first-order valence-electron chi connectivity index (χ1n) is 10.7. The fourth-order valence-electron chi connectivity index (χ4n) is 4.10. The van der Waals surface area contributed by atoms with Crippen LogP contribution in [0.2, 0.25) is 0 Å². The molecule has 1 aliphatic heterocycles. The first-order chi connectivity index (χ1) is 15.4. The number of nitrogens with zero attached hydrogens (tertiary/aromatic N) is 1. The van der Waals surface area contributed by atoms with Crippen molar-refractivity contribution < 1.29 is 23.9 Å². The molecule has 3 amide bonds. The fraction of sp³-hybridized carbons (Fsp3) is 0.391. The van der Waals surface area contributed by atoms with Gasteiger partial charge in [0, 0.05) is 36.1 Å². The number of rotatable bonds is 6. The molecule has 0 unspecified atom stereocenters. The topological polar surface area (TPSA) is 105 Å². The van der Waals surface area contributed by atoms with Crippen LogP contribution in [0.4, 0.5) is 16.4 Å². The molecule has 0 atom stereocenters. The summed E-state index contributed by atoms with van der Waals surface area (Å²) >= 11 is 1.40. The molecule has 2 aromatic rings. The Kier molecular flexibility index (Phi) is 6.55. The molecule has 0 radical (unpaired) electrons. The van der Waals surface area contributed by atoms with Crippen molar-refractivity contribution in [2.24, 2.45) is 0 Å². The van der Waals surface area contributed by atoms with Gasteiger partial charge in [-0.3, -0.25) is 14.4 Å². The average molecular weight is 456 g/mol. The van der Waals surface area contributed by atoms with Gasteiger partial charge >= 0.3 is 5.97 Å². The lowest BCUT2D eigenvalue weighted by molar-refractivity contribution is -0.119. The van der Waals surface area contributed by atoms with E-state index < -0.39 is 18.5 Å². The first kappa shape index (κ1) is 22.0. The summed E-state index contributed by atoms with van der Waals surface area (Å²) in [7, 11) is 0. The predicted molar refractivity (Wildman–Crippen MR) is 122 cm³/mol. The number of thiophene rings is 1. The van der Waals surface area contributed by atoms with E-state index in [0.29, 0.717) is 29.2 Å². The van der Waals surface area contributed by atoms with Crippen molar-refractivity contribution in [3.8, 4) is 0 Å². The Morgan fingerprint density at radius 3 is 2.66 bits per heavy atom. The number of aryl methyl sites for hydroxylation is 1. The molecule has 32 heavy (non-hydrogen) atoms. The monoisotopic (exact) mass is 455 g/mol. The minimum absolute atomic E-state index is 0.0662. The van der Waals surface area contributed by atoms with Crippen LogP contribution in [-0.2, 0) is 32.0 Å². The normalized spacial score (nSPS) is 15.3. The molecule has 9 heteroatoms. The first-order valence-corrected chi connectivity index (χ1v) is 11.5. The van der Waals surface area contributed by atoms with Crippen molar-refractivity contribution in [2.45, 2.75) is 45.4 Å². The van der Waals surface area contributed by atoms with Crippen molar-refractivity contribution in [1.82, 2.24) is 0 Å². The Labute approximate surface area is 189 Å². The Morgan fingerprint density at radius 2 is 1.91 bits per heavy atom. The Balaban J connectivity index is 1.41. The summed E-state index contributed by atoms with van der Waals surface area (Å²) in [5, 5.41) is 5.91. The smallest absolute Gasteiger partial charge is 0.341 e. The van der Waals surface area contributed by atoms with E-state index in [1.165, 1.54) is 18.3 Å². The lowest BCUT2D eigenvalue weighted by atomic mass is 9.95. The van der Waals surface area contributed by atoms with Crippen molar-refractivity contribution in [3.63, 3.8) is 0 Å². The van der Waals surface area contributed by atoms with Gasteiger partial charge in [-0.25, -0.2) is 4.79 Å². The SMILES string of the molecule is CC(=O)Nc1sc2c(c1C(=O)OCC(=O)Nc1cccc(N3CCCC3=O)c1)CCCC2. The molecule has 0 spiro atoms. The number of nitrogens with one attached hydrogen (secondary N) is 2. The van der Waals surface area contributed by atoms with E-state index >= 15 is 0 Å². The molecule has 168 valence electrons. The van der Waals surface area contributed by atoms with Crippen LogP contribution in [0.15, 0.2) is 24.3 Å². The van der Waals surface area contributed by atoms with Crippen LogP contribution < -0.4 is 15.5 Å². The van der Waals surface area contributed by atoms with Crippen LogP contribution in [0.3, 0.4) is 0 Å². The molecular weight excluding hydrogens is 430 g/mol. The summed E-state index contributed by atoms with van der Waals surface area (Å²) in [5.74, 6) is -1.28. The molecular formula is C23H25N3O5S. The number of hydrogen-bond donors (Lipinski definition) is 2. The number of anilines is 3. The van der Waals surface area contributed by atoms with Crippen molar-refractivity contribution in [1.29, 1.82) is 0 Å². The zero-order valence-electron chi connectivity index (χ0n) is 17.9. The zero-order valence-corrected chi connectivity index (χ0v) is 18.7. The van der Waals surface area contributed by atoms with Crippen LogP contribution in [0.1, 0.15) is 53.4 Å². The highest BCUT2D eigenvalue weighted by Crippen LogP contribution is 2.38. The van der Waals surface area contributed by atoms with Gasteiger partial charge in [0.2, 0.25) is 11.8 Å². The van der Waals surface area contributed by atoms with Gasteiger partial charge in [-0.15, -0.1) is 11.3 Å². The second kappa shape index (κ2) is 9.52. The quantitative estimate of drug-likeness (QED) is 0.649. The number of ether oxygens (including phenoxy) is 1. The number of benzene rings is 1. The Hall–Kier alpha value is -3.20. The molecule has 0 saturated carbocycles. The second-order valence-electron chi connectivity index (χ2n) is 7.92. The van der Waals surface area contributed by atoms with E-state index in [-0.39, 0.29) is 11.8 Å². The maximum Gasteiger partial charge on any atom is 0.341 e. The summed E-state index contributed by atoms with van der Waals surface area (Å²) in [5.41, 5.74) is 2.53. The minimum atomic E-state index is -0.611. The summed E-state index contributed by atoms with van der Waals surface area (Å²) in [6.45, 7) is 1.61. The van der Waals surface area contributed by atoms with E-state index in [9.17, 15) is 19.2 Å². The third-order valence-corrected chi connectivity index (χ3v) is 6.72. The zero-order chi connectivity index (χ0) is 22.7. The third-order valence-electron chi connectivity index (χ3n) is 5.51. The van der Waals surface area contributed by atoms with Gasteiger partial charge in [0.1, 0.15) is 5.00 Å². The molecule has 1 saturated heterocycles. The second-order valence-corrected chi connectivity index (χ2v) is 9.02. The van der Waals surface area contributed by atoms with Gasteiger partial charge < -0.3 is 20.3 Å². The molecule has 2 aliphatic rings. The largest absolute Gasteiger partial charge is 0.452 e. The van der Waals surface area contributed by atoms with Gasteiger partial charge in [0.15, 0.2) is 6.61 Å². The maximum atomic E-state index is 12.8. The van der Waals surface area contributed by atoms with Crippen LogP contribution in [0.25, 0.3) is 0 Å². The van der Waals surface area contributed by atoms with E-state index in [4.69, 9.17) is 4.74 Å². The van der Waals surface area contributed by atoms with Crippen molar-refractivity contribution in [3.05, 3.63) is 40.3 Å². The standard InChI is InChI=1S/C23H25N3O5S/c1-14(27)24-22-21(17-8-2-3-9-18(17)32-22)23(30)31-13-19(28)25-15-6-4-7-16(12-15)26-11-5-10-20(26)29/h4,6-7,12H,2-3,5,8-11,13H2,1H3,(H,24,27)(H,25,28). The number of hydrogen-bond acceptors (Lipinski definition) is 6. The maximum absolute atomic E-state index is 12.8. The number of carbonyl (C=O) groups is 4. The van der Waals surface area contributed by atoms with E-state index in [1.54, 1.807) is 23.1 Å². The minimum Gasteiger partial charge on any atom is -0.452 e. The highest BCUT2D eigenvalue weighted by atomic mass is 32.1. The Morgan fingerprint density at radius 1 is 1.09 bits per heavy atom. The lowest BCUT2D eigenvalue weighted by Crippen LogP contribution is -2.24. The van der Waals surface area contributed by atoms with Gasteiger partial charge in [-0.05, 0) is 55.9 Å². The predicted octanol–water partition coefficient (Wildman–Crippen LogP) is 3.51. The number of fused-ring (bicyclic) bond motifs is 1. The van der Waals surface area contributed by atoms with E-state index in [2.05, 4.69) is 10.6 Å². The summed E-state index contributed by atoms with van der Waals surface area (Å²) < 4.78 is 5.30. The number of esters is 1. The molecule has 2 heterocycles. The highest BCUT2D eigenvalue weighted by molar-refractivity contribution is 7.17. The number of carbonyl (C=O) groups excluding carboxylic acids is 4. The molecule has 1 aromatic heterocycles. The van der Waals surface area contributed by atoms with Crippen LogP contribution in [0.5, 0.6) is 0 Å². The van der Waals surface area contributed by atoms with Crippen molar-refractivity contribution >= 4 is 51.4 Å². The van der Waals surface area contributed by atoms with E-state index in [1.807, 2.05) is 6.07 Å². The Bertz CT molecular complexity index is 1080. The van der Waals surface area contributed by atoms with Crippen molar-refractivity contribution in [2.75, 3.05) is 28.7 Å². The van der Waals surface area contributed by atoms with Gasteiger partial charge in [0.25, 0.3) is 5.91 Å². The lowest BCUT2D eigenvalue weighted by Gasteiger charge is -2.17. The highest BCUT2D eigenvalue weighted by Gasteiger charge is 2.27. The number of amides is 3. The molecule has 8 nitrogen and oxygen atoms in total. The molecule has 1 aromatic carbocycles. The average Bonchev–Trinajstić information content (AvgIpc) is 3.34. The van der Waals surface area contributed by atoms with Crippen LogP contribution in [0, 0.1) is 0 Å².